The average molecular weight is 261 g/mol. The van der Waals surface area contributed by atoms with Crippen molar-refractivity contribution in [2.45, 2.75) is 19.3 Å². The van der Waals surface area contributed by atoms with Crippen molar-refractivity contribution in [1.29, 1.82) is 0 Å². The van der Waals surface area contributed by atoms with Gasteiger partial charge in [-0.2, -0.15) is 0 Å². The average Bonchev–Trinajstić information content (AvgIpc) is 2.18. The van der Waals surface area contributed by atoms with Crippen LogP contribution in [0.2, 0.25) is 0 Å². The number of benzene rings is 1. The molecule has 0 fully saturated rings. The molecule has 0 N–H and O–H groups in total. The van der Waals surface area contributed by atoms with Crippen molar-refractivity contribution in [3.8, 4) is 5.75 Å². The van der Waals surface area contributed by atoms with Crippen molar-refractivity contribution in [3.63, 3.8) is 0 Å². The highest BCUT2D eigenvalue weighted by Crippen LogP contribution is 2.33. The summed E-state index contributed by atoms with van der Waals surface area (Å²) in [5.74, 6) is 0.505. The molecule has 14 heavy (non-hydrogen) atoms. The summed E-state index contributed by atoms with van der Waals surface area (Å²) < 4.78 is 18.3. The second-order valence-corrected chi connectivity index (χ2v) is 4.42. The molecule has 0 unspecified atom stereocenters. The summed E-state index contributed by atoms with van der Waals surface area (Å²) in [6, 6.07) is 4.60. The Morgan fingerprint density at radius 1 is 1.43 bits per heavy atom. The second kappa shape index (κ2) is 4.30. The highest BCUT2D eigenvalue weighted by Gasteiger charge is 2.23. The van der Waals surface area contributed by atoms with E-state index in [1.54, 1.807) is 13.2 Å². The van der Waals surface area contributed by atoms with Gasteiger partial charge in [-0.3, -0.25) is 0 Å². The van der Waals surface area contributed by atoms with Gasteiger partial charge in [0.2, 0.25) is 0 Å². The smallest absolute Gasteiger partial charge is 0.123 e. The molecule has 1 aromatic rings. The maximum atomic E-state index is 13.1. The molecule has 0 aliphatic heterocycles. The Morgan fingerprint density at radius 3 is 2.57 bits per heavy atom. The maximum Gasteiger partial charge on any atom is 0.123 e. The molecule has 0 spiro atoms. The zero-order valence-electron chi connectivity index (χ0n) is 8.60. The minimum absolute atomic E-state index is 0.132. The minimum atomic E-state index is -0.227. The molecule has 1 aromatic carbocycles. The summed E-state index contributed by atoms with van der Waals surface area (Å²) in [4.78, 5) is 0. The molecule has 1 rings (SSSR count). The van der Waals surface area contributed by atoms with Crippen LogP contribution in [-0.4, -0.2) is 12.4 Å². The minimum Gasteiger partial charge on any atom is -0.496 e. The van der Waals surface area contributed by atoms with Crippen LogP contribution in [0.15, 0.2) is 18.2 Å². The van der Waals surface area contributed by atoms with Crippen molar-refractivity contribution in [3.05, 3.63) is 29.6 Å². The molecule has 1 nitrogen and oxygen atoms in total. The maximum absolute atomic E-state index is 13.1. The Kier molecular flexibility index (Phi) is 3.53. The molecule has 78 valence electrons. The third-order valence-corrected chi connectivity index (χ3v) is 3.63. The molecule has 0 radical (unpaired) electrons. The van der Waals surface area contributed by atoms with Gasteiger partial charge in [-0.1, -0.05) is 29.8 Å². The summed E-state index contributed by atoms with van der Waals surface area (Å²) >= 11 is 3.42. The van der Waals surface area contributed by atoms with E-state index in [4.69, 9.17) is 4.74 Å². The Morgan fingerprint density at radius 2 is 2.07 bits per heavy atom. The van der Waals surface area contributed by atoms with Crippen LogP contribution in [0.1, 0.15) is 19.4 Å². The number of hydrogen-bond donors (Lipinski definition) is 0. The van der Waals surface area contributed by atoms with Crippen molar-refractivity contribution < 1.29 is 9.13 Å². The first-order valence-electron chi connectivity index (χ1n) is 4.41. The zero-order valence-corrected chi connectivity index (χ0v) is 10.2. The highest BCUT2D eigenvalue weighted by atomic mass is 79.9. The van der Waals surface area contributed by atoms with Crippen LogP contribution in [0.5, 0.6) is 5.75 Å². The third-order valence-electron chi connectivity index (χ3n) is 2.22. The van der Waals surface area contributed by atoms with Crippen molar-refractivity contribution in [2.75, 3.05) is 12.4 Å². The number of ether oxygens (including phenoxy) is 1. The lowest BCUT2D eigenvalue weighted by molar-refractivity contribution is 0.397. The fourth-order valence-electron chi connectivity index (χ4n) is 1.28. The van der Waals surface area contributed by atoms with Crippen molar-refractivity contribution >= 4 is 15.9 Å². The quantitative estimate of drug-likeness (QED) is 0.756. The predicted octanol–water partition coefficient (Wildman–Crippen LogP) is 3.51. The predicted molar refractivity (Wildman–Crippen MR) is 59.8 cm³/mol. The molecule has 3 heteroatoms. The zero-order chi connectivity index (χ0) is 10.8. The van der Waals surface area contributed by atoms with Gasteiger partial charge in [0.15, 0.2) is 0 Å². The third kappa shape index (κ3) is 2.27. The van der Waals surface area contributed by atoms with Gasteiger partial charge in [-0.25, -0.2) is 4.39 Å². The number of halogens is 2. The van der Waals surface area contributed by atoms with Crippen LogP contribution in [0.4, 0.5) is 4.39 Å². The van der Waals surface area contributed by atoms with Gasteiger partial charge in [-0.05, 0) is 18.2 Å². The normalized spacial score (nSPS) is 11.5. The SMILES string of the molecule is COc1ccc(F)cc1C(C)(C)CBr. The fraction of sp³-hybridized carbons (Fsp3) is 0.455. The molecule has 0 aromatic heterocycles. The Balaban J connectivity index is 3.23. The first-order valence-corrected chi connectivity index (χ1v) is 5.53. The van der Waals surface area contributed by atoms with Crippen LogP contribution in [0.25, 0.3) is 0 Å². The lowest BCUT2D eigenvalue weighted by Gasteiger charge is -2.24. The van der Waals surface area contributed by atoms with Gasteiger partial charge in [0.1, 0.15) is 11.6 Å². The van der Waals surface area contributed by atoms with Crippen LogP contribution < -0.4 is 4.74 Å². The molecule has 0 amide bonds. The standard InChI is InChI=1S/C11H14BrFO/c1-11(2,7-12)9-6-8(13)4-5-10(9)14-3/h4-6H,7H2,1-3H3. The number of alkyl halides is 1. The van der Waals surface area contributed by atoms with Crippen LogP contribution in [0, 0.1) is 5.82 Å². The highest BCUT2D eigenvalue weighted by molar-refractivity contribution is 9.09. The van der Waals surface area contributed by atoms with Gasteiger partial charge in [0.05, 0.1) is 7.11 Å². The molecule has 0 bridgehead atoms. The number of rotatable bonds is 3. The second-order valence-electron chi connectivity index (χ2n) is 3.86. The van der Waals surface area contributed by atoms with E-state index in [0.717, 1.165) is 16.6 Å². The molecule has 0 heterocycles. The van der Waals surface area contributed by atoms with Gasteiger partial charge < -0.3 is 4.74 Å². The first kappa shape index (κ1) is 11.5. The van der Waals surface area contributed by atoms with E-state index in [0.29, 0.717) is 0 Å². The van der Waals surface area contributed by atoms with Crippen LogP contribution >= 0.6 is 15.9 Å². The van der Waals surface area contributed by atoms with E-state index in [1.165, 1.54) is 12.1 Å². The van der Waals surface area contributed by atoms with E-state index >= 15 is 0 Å². The summed E-state index contributed by atoms with van der Waals surface area (Å²) in [6.07, 6.45) is 0. The fourth-order valence-corrected chi connectivity index (χ4v) is 1.58. The Hall–Kier alpha value is -0.570. The van der Waals surface area contributed by atoms with Gasteiger partial charge in [-0.15, -0.1) is 0 Å². The van der Waals surface area contributed by atoms with E-state index in [2.05, 4.69) is 15.9 Å². The Bertz CT molecular complexity index is 323. The molecule has 0 saturated heterocycles. The van der Waals surface area contributed by atoms with E-state index in [1.807, 2.05) is 13.8 Å². The Labute approximate surface area is 92.4 Å². The topological polar surface area (TPSA) is 9.23 Å². The molecule has 0 aliphatic rings. The van der Waals surface area contributed by atoms with Gasteiger partial charge in [0, 0.05) is 16.3 Å². The van der Waals surface area contributed by atoms with Gasteiger partial charge in [0.25, 0.3) is 0 Å². The molecule has 0 aliphatic carbocycles. The molecule has 0 atom stereocenters. The largest absolute Gasteiger partial charge is 0.496 e. The lowest BCUT2D eigenvalue weighted by Crippen LogP contribution is -2.20. The van der Waals surface area contributed by atoms with Gasteiger partial charge >= 0.3 is 0 Å². The molecular formula is C11H14BrFO. The summed E-state index contributed by atoms with van der Waals surface area (Å²) in [5.41, 5.74) is 0.754. The summed E-state index contributed by atoms with van der Waals surface area (Å²) in [5, 5.41) is 0.764. The van der Waals surface area contributed by atoms with E-state index in [9.17, 15) is 4.39 Å². The van der Waals surface area contributed by atoms with Crippen LogP contribution in [-0.2, 0) is 5.41 Å². The number of methoxy groups -OCH3 is 1. The number of hydrogen-bond acceptors (Lipinski definition) is 1. The van der Waals surface area contributed by atoms with E-state index < -0.39 is 0 Å². The summed E-state index contributed by atoms with van der Waals surface area (Å²) in [7, 11) is 1.60. The van der Waals surface area contributed by atoms with Crippen molar-refractivity contribution in [1.82, 2.24) is 0 Å². The van der Waals surface area contributed by atoms with Crippen molar-refractivity contribution in [2.24, 2.45) is 0 Å². The lowest BCUT2D eigenvalue weighted by atomic mass is 9.86. The summed E-state index contributed by atoms with van der Waals surface area (Å²) in [6.45, 7) is 4.08. The molecule has 0 saturated carbocycles. The van der Waals surface area contributed by atoms with Crippen LogP contribution in [0.3, 0.4) is 0 Å². The first-order chi connectivity index (χ1) is 6.51. The monoisotopic (exact) mass is 260 g/mol. The molecular weight excluding hydrogens is 247 g/mol. The van der Waals surface area contributed by atoms with E-state index in [-0.39, 0.29) is 11.2 Å².